The molecule has 2 amide bonds. The Labute approximate surface area is 175 Å². The van der Waals surface area contributed by atoms with Crippen molar-refractivity contribution in [2.24, 2.45) is 5.92 Å². The molecule has 0 aromatic heterocycles. The predicted octanol–water partition coefficient (Wildman–Crippen LogP) is 4.59. The minimum absolute atomic E-state index is 0.00140. The van der Waals surface area contributed by atoms with Gasteiger partial charge in [0.05, 0.1) is 0 Å². The number of rotatable bonds is 11. The van der Waals surface area contributed by atoms with Gasteiger partial charge >= 0.3 is 0 Å². The van der Waals surface area contributed by atoms with Gasteiger partial charge in [0, 0.05) is 25.4 Å². The number of hydrogen-bond donors (Lipinski definition) is 1. The summed E-state index contributed by atoms with van der Waals surface area (Å²) < 4.78 is 0. The first-order valence-electron chi connectivity index (χ1n) is 10.7. The second kappa shape index (κ2) is 12.1. The van der Waals surface area contributed by atoms with Crippen LogP contribution in [0.3, 0.4) is 0 Å². The molecule has 29 heavy (non-hydrogen) atoms. The van der Waals surface area contributed by atoms with Crippen LogP contribution in [-0.2, 0) is 22.6 Å². The van der Waals surface area contributed by atoms with Gasteiger partial charge in [-0.05, 0) is 17.5 Å². The molecule has 0 fully saturated rings. The molecule has 4 nitrogen and oxygen atoms in total. The Morgan fingerprint density at radius 1 is 0.897 bits per heavy atom. The number of nitrogens with zero attached hydrogens (tertiary/aromatic N) is 1. The monoisotopic (exact) mass is 394 g/mol. The van der Waals surface area contributed by atoms with Crippen molar-refractivity contribution in [1.82, 2.24) is 10.2 Å². The van der Waals surface area contributed by atoms with Crippen LogP contribution in [0.2, 0.25) is 0 Å². The van der Waals surface area contributed by atoms with E-state index in [1.165, 1.54) is 0 Å². The topological polar surface area (TPSA) is 49.4 Å². The fourth-order valence-electron chi connectivity index (χ4n) is 3.34. The highest BCUT2D eigenvalue weighted by atomic mass is 16.2. The first-order valence-corrected chi connectivity index (χ1v) is 10.7. The summed E-state index contributed by atoms with van der Waals surface area (Å²) in [6.45, 7) is 6.99. The summed E-state index contributed by atoms with van der Waals surface area (Å²) in [7, 11) is 0. The predicted molar refractivity (Wildman–Crippen MR) is 118 cm³/mol. The van der Waals surface area contributed by atoms with E-state index in [9.17, 15) is 9.59 Å². The molecule has 2 aromatic rings. The van der Waals surface area contributed by atoms with E-state index in [1.54, 1.807) is 4.90 Å². The minimum Gasteiger partial charge on any atom is -0.354 e. The second-order valence-corrected chi connectivity index (χ2v) is 7.81. The fourth-order valence-corrected chi connectivity index (χ4v) is 3.34. The Hall–Kier alpha value is -2.62. The molecule has 1 N–H and O–H groups in total. The number of amides is 2. The lowest BCUT2D eigenvalue weighted by molar-refractivity contribution is -0.143. The van der Waals surface area contributed by atoms with Gasteiger partial charge in [-0.2, -0.15) is 0 Å². The second-order valence-electron chi connectivity index (χ2n) is 7.81. The molecule has 0 bridgehead atoms. The summed E-state index contributed by atoms with van der Waals surface area (Å²) >= 11 is 0. The maximum Gasteiger partial charge on any atom is 0.243 e. The maximum atomic E-state index is 13.2. The van der Waals surface area contributed by atoms with Gasteiger partial charge in [0.2, 0.25) is 11.8 Å². The minimum atomic E-state index is -0.533. The zero-order chi connectivity index (χ0) is 21.1. The molecular formula is C25H34N2O2. The van der Waals surface area contributed by atoms with Crippen molar-refractivity contribution in [1.29, 1.82) is 0 Å². The molecule has 0 heterocycles. The van der Waals surface area contributed by atoms with E-state index in [2.05, 4.69) is 12.2 Å². The van der Waals surface area contributed by atoms with E-state index in [0.717, 1.165) is 30.4 Å². The highest BCUT2D eigenvalue weighted by Gasteiger charge is 2.31. The lowest BCUT2D eigenvalue weighted by Crippen LogP contribution is -2.51. The summed E-state index contributed by atoms with van der Waals surface area (Å²) in [6.07, 6.45) is 3.65. The van der Waals surface area contributed by atoms with Crippen molar-refractivity contribution in [2.45, 2.75) is 59.0 Å². The summed E-state index contributed by atoms with van der Waals surface area (Å²) in [5.41, 5.74) is 2.08. The number of carbonyl (C=O) groups is 2. The van der Waals surface area contributed by atoms with Crippen LogP contribution in [0.5, 0.6) is 0 Å². The highest BCUT2D eigenvalue weighted by molar-refractivity contribution is 5.88. The van der Waals surface area contributed by atoms with Gasteiger partial charge in [0.1, 0.15) is 6.04 Å². The third-order valence-electron chi connectivity index (χ3n) is 5.00. The third kappa shape index (κ3) is 7.37. The van der Waals surface area contributed by atoms with Crippen molar-refractivity contribution in [2.75, 3.05) is 6.54 Å². The van der Waals surface area contributed by atoms with Gasteiger partial charge in [-0.15, -0.1) is 0 Å². The highest BCUT2D eigenvalue weighted by Crippen LogP contribution is 2.17. The van der Waals surface area contributed by atoms with Gasteiger partial charge in [0.25, 0.3) is 0 Å². The van der Waals surface area contributed by atoms with Gasteiger partial charge in [-0.1, -0.05) is 94.3 Å². The lowest BCUT2D eigenvalue weighted by atomic mass is 10.0. The molecule has 4 heteroatoms. The van der Waals surface area contributed by atoms with Crippen LogP contribution in [0.15, 0.2) is 60.7 Å². The van der Waals surface area contributed by atoms with Crippen LogP contribution in [0.25, 0.3) is 0 Å². The molecule has 0 saturated heterocycles. The Balaban J connectivity index is 2.28. The molecule has 0 radical (unpaired) electrons. The smallest absolute Gasteiger partial charge is 0.243 e. The summed E-state index contributed by atoms with van der Waals surface area (Å²) in [4.78, 5) is 28.0. The number of nitrogens with one attached hydrogen (secondary N) is 1. The molecule has 0 unspecified atom stereocenters. The summed E-state index contributed by atoms with van der Waals surface area (Å²) in [5.74, 6) is -0.252. The molecule has 0 saturated carbocycles. The number of benzene rings is 2. The first-order chi connectivity index (χ1) is 14.0. The Bertz CT molecular complexity index is 744. The SMILES string of the molecule is CCCCCNC(=O)[C@@H](Cc1ccccc1)N(Cc1ccccc1)C(=O)C(C)C. The van der Waals surface area contributed by atoms with E-state index < -0.39 is 6.04 Å². The zero-order valence-corrected chi connectivity index (χ0v) is 17.9. The van der Waals surface area contributed by atoms with Gasteiger partial charge in [0.15, 0.2) is 0 Å². The maximum absolute atomic E-state index is 13.2. The van der Waals surface area contributed by atoms with Crippen molar-refractivity contribution in [3.8, 4) is 0 Å². The Kier molecular flexibility index (Phi) is 9.42. The first kappa shape index (κ1) is 22.7. The quantitative estimate of drug-likeness (QED) is 0.567. The van der Waals surface area contributed by atoms with E-state index in [0.29, 0.717) is 19.5 Å². The standard InChI is InChI=1S/C25H34N2O2/c1-4-5-12-17-26-24(28)23(18-21-13-8-6-9-14-21)27(25(29)20(2)3)19-22-15-10-7-11-16-22/h6-11,13-16,20,23H,4-5,12,17-19H2,1-3H3,(H,26,28)/t23-/m1/s1. The molecule has 0 spiro atoms. The van der Waals surface area contributed by atoms with Crippen LogP contribution >= 0.6 is 0 Å². The molecule has 1 atom stereocenters. The number of hydrogen-bond acceptors (Lipinski definition) is 2. The van der Waals surface area contributed by atoms with E-state index in [-0.39, 0.29) is 17.7 Å². The zero-order valence-electron chi connectivity index (χ0n) is 17.9. The Morgan fingerprint density at radius 2 is 1.48 bits per heavy atom. The normalized spacial score (nSPS) is 11.9. The third-order valence-corrected chi connectivity index (χ3v) is 5.00. The number of unbranched alkanes of at least 4 members (excludes halogenated alkanes) is 2. The van der Waals surface area contributed by atoms with E-state index in [1.807, 2.05) is 74.5 Å². The van der Waals surface area contributed by atoms with Crippen LogP contribution in [-0.4, -0.2) is 29.3 Å². The Morgan fingerprint density at radius 3 is 2.03 bits per heavy atom. The van der Waals surface area contributed by atoms with E-state index >= 15 is 0 Å². The lowest BCUT2D eigenvalue weighted by Gasteiger charge is -2.32. The number of carbonyl (C=O) groups excluding carboxylic acids is 2. The summed E-state index contributed by atoms with van der Waals surface area (Å²) in [5, 5.41) is 3.07. The van der Waals surface area contributed by atoms with Crippen molar-refractivity contribution < 1.29 is 9.59 Å². The van der Waals surface area contributed by atoms with Crippen LogP contribution < -0.4 is 5.32 Å². The van der Waals surface area contributed by atoms with E-state index in [4.69, 9.17) is 0 Å². The van der Waals surface area contributed by atoms with Gasteiger partial charge < -0.3 is 10.2 Å². The molecule has 156 valence electrons. The van der Waals surface area contributed by atoms with Crippen LogP contribution in [0.1, 0.15) is 51.2 Å². The van der Waals surface area contributed by atoms with Crippen LogP contribution in [0, 0.1) is 5.92 Å². The summed E-state index contributed by atoms with van der Waals surface area (Å²) in [6, 6.07) is 19.3. The molecule has 2 aromatic carbocycles. The molecule has 0 aliphatic rings. The van der Waals surface area contributed by atoms with Gasteiger partial charge in [-0.25, -0.2) is 0 Å². The largest absolute Gasteiger partial charge is 0.354 e. The van der Waals surface area contributed by atoms with Crippen molar-refractivity contribution in [3.05, 3.63) is 71.8 Å². The van der Waals surface area contributed by atoms with Crippen molar-refractivity contribution >= 4 is 11.8 Å². The molecule has 2 rings (SSSR count). The average Bonchev–Trinajstić information content (AvgIpc) is 2.74. The average molecular weight is 395 g/mol. The van der Waals surface area contributed by atoms with Crippen molar-refractivity contribution in [3.63, 3.8) is 0 Å². The van der Waals surface area contributed by atoms with Crippen LogP contribution in [0.4, 0.5) is 0 Å². The molecule has 0 aliphatic carbocycles. The van der Waals surface area contributed by atoms with Gasteiger partial charge in [-0.3, -0.25) is 9.59 Å². The molecule has 0 aliphatic heterocycles. The molecular weight excluding hydrogens is 360 g/mol. The fraction of sp³-hybridized carbons (Fsp3) is 0.440.